The van der Waals surface area contributed by atoms with Crippen molar-refractivity contribution in [1.82, 2.24) is 10.2 Å². The molecule has 0 saturated heterocycles. The predicted molar refractivity (Wildman–Crippen MR) is 168 cm³/mol. The Hall–Kier alpha value is -3.37. The topological polar surface area (TPSA) is 96.0 Å². The van der Waals surface area contributed by atoms with E-state index in [0.29, 0.717) is 18.0 Å². The monoisotopic (exact) mass is 655 g/mol. The van der Waals surface area contributed by atoms with Crippen LogP contribution in [0.25, 0.3) is 0 Å². The van der Waals surface area contributed by atoms with E-state index in [1.54, 1.807) is 49.4 Å². The van der Waals surface area contributed by atoms with Crippen molar-refractivity contribution in [3.05, 3.63) is 88.9 Å². The van der Waals surface area contributed by atoms with Crippen molar-refractivity contribution in [2.24, 2.45) is 0 Å². The molecule has 0 unspecified atom stereocenters. The van der Waals surface area contributed by atoms with Crippen molar-refractivity contribution < 1.29 is 22.7 Å². The van der Waals surface area contributed by atoms with E-state index < -0.39 is 28.5 Å². The number of hydrogen-bond acceptors (Lipinski definition) is 5. The molecule has 42 heavy (non-hydrogen) atoms. The van der Waals surface area contributed by atoms with Gasteiger partial charge in [0, 0.05) is 17.1 Å². The fraction of sp³-hybridized carbons (Fsp3) is 0.375. The molecule has 3 aromatic carbocycles. The second kappa shape index (κ2) is 14.7. The van der Waals surface area contributed by atoms with Gasteiger partial charge in [-0.15, -0.1) is 0 Å². The molecule has 0 spiro atoms. The molecule has 1 fully saturated rings. The quantitative estimate of drug-likeness (QED) is 0.262. The van der Waals surface area contributed by atoms with E-state index in [4.69, 9.17) is 4.74 Å². The number of anilines is 1. The van der Waals surface area contributed by atoms with Gasteiger partial charge < -0.3 is 15.0 Å². The highest BCUT2D eigenvalue weighted by Gasteiger charge is 2.33. The third-order valence-electron chi connectivity index (χ3n) is 7.41. The minimum Gasteiger partial charge on any atom is -0.494 e. The highest BCUT2D eigenvalue weighted by atomic mass is 79.9. The highest BCUT2D eigenvalue weighted by Crippen LogP contribution is 2.26. The lowest BCUT2D eigenvalue weighted by molar-refractivity contribution is -0.139. The average Bonchev–Trinajstić information content (AvgIpc) is 2.99. The fourth-order valence-electron chi connectivity index (χ4n) is 5.11. The Bertz CT molecular complexity index is 1440. The smallest absolute Gasteiger partial charge is 0.264 e. The van der Waals surface area contributed by atoms with Crippen molar-refractivity contribution in [3.63, 3.8) is 0 Å². The lowest BCUT2D eigenvalue weighted by atomic mass is 9.95. The molecule has 0 aromatic heterocycles. The summed E-state index contributed by atoms with van der Waals surface area (Å²) in [7, 11) is -4.14. The largest absolute Gasteiger partial charge is 0.494 e. The van der Waals surface area contributed by atoms with Gasteiger partial charge >= 0.3 is 0 Å². The first kappa shape index (κ1) is 31.6. The van der Waals surface area contributed by atoms with Crippen molar-refractivity contribution in [2.75, 3.05) is 17.5 Å². The van der Waals surface area contributed by atoms with E-state index >= 15 is 0 Å². The van der Waals surface area contributed by atoms with Crippen LogP contribution in [-0.4, -0.2) is 50.4 Å². The first-order valence-electron chi connectivity index (χ1n) is 14.3. The molecule has 8 nitrogen and oxygen atoms in total. The summed E-state index contributed by atoms with van der Waals surface area (Å²) in [5, 5.41) is 3.12. The predicted octanol–water partition coefficient (Wildman–Crippen LogP) is 5.91. The number of amides is 2. The molecule has 1 aliphatic rings. The van der Waals surface area contributed by atoms with Gasteiger partial charge in [0.25, 0.3) is 10.0 Å². The van der Waals surface area contributed by atoms with Crippen LogP contribution in [0.4, 0.5) is 5.69 Å². The number of carbonyl (C=O) groups excluding carboxylic acids is 2. The number of rotatable bonds is 12. The summed E-state index contributed by atoms with van der Waals surface area (Å²) in [6.07, 6.45) is 5.12. The molecule has 10 heteroatoms. The first-order chi connectivity index (χ1) is 20.2. The molecule has 1 N–H and O–H groups in total. The minimum absolute atomic E-state index is 0.0317. The molecule has 3 aromatic rings. The third-order valence-corrected chi connectivity index (χ3v) is 9.69. The van der Waals surface area contributed by atoms with Gasteiger partial charge in [-0.2, -0.15) is 0 Å². The van der Waals surface area contributed by atoms with Gasteiger partial charge in [-0.1, -0.05) is 65.5 Å². The summed E-state index contributed by atoms with van der Waals surface area (Å²) in [5.41, 5.74) is 1.16. The molecule has 0 heterocycles. The Balaban J connectivity index is 1.65. The molecular formula is C32H38BrN3O5S. The molecule has 4 rings (SSSR count). The molecule has 224 valence electrons. The molecule has 0 radical (unpaired) electrons. The van der Waals surface area contributed by atoms with Gasteiger partial charge in [0.05, 0.1) is 17.2 Å². The Morgan fingerprint density at radius 2 is 1.67 bits per heavy atom. The van der Waals surface area contributed by atoms with Gasteiger partial charge in [0.15, 0.2) is 0 Å². The van der Waals surface area contributed by atoms with Crippen LogP contribution in [0.5, 0.6) is 5.75 Å². The number of para-hydroxylation sites is 1. The molecule has 0 bridgehead atoms. The van der Waals surface area contributed by atoms with Gasteiger partial charge in [-0.3, -0.25) is 13.9 Å². The maximum absolute atomic E-state index is 14.1. The Kier molecular flexibility index (Phi) is 11.0. The van der Waals surface area contributed by atoms with Crippen LogP contribution in [-0.2, 0) is 26.2 Å². The normalized spacial score (nSPS) is 14.5. The molecule has 0 aliphatic heterocycles. The lowest BCUT2D eigenvalue weighted by Crippen LogP contribution is -2.53. The summed E-state index contributed by atoms with van der Waals surface area (Å²) in [6, 6.07) is 21.4. The van der Waals surface area contributed by atoms with Crippen LogP contribution >= 0.6 is 15.9 Å². The van der Waals surface area contributed by atoms with E-state index in [1.807, 2.05) is 31.2 Å². The van der Waals surface area contributed by atoms with Gasteiger partial charge in [-0.05, 0) is 80.8 Å². The number of ether oxygens (including phenoxy) is 1. The van der Waals surface area contributed by atoms with Crippen molar-refractivity contribution in [1.29, 1.82) is 0 Å². The van der Waals surface area contributed by atoms with Crippen LogP contribution in [0.3, 0.4) is 0 Å². The van der Waals surface area contributed by atoms with E-state index in [2.05, 4.69) is 21.2 Å². The van der Waals surface area contributed by atoms with Gasteiger partial charge in [-0.25, -0.2) is 8.42 Å². The molecule has 1 saturated carbocycles. The second-order valence-corrected chi connectivity index (χ2v) is 13.2. The summed E-state index contributed by atoms with van der Waals surface area (Å²) in [4.78, 5) is 29.0. The summed E-state index contributed by atoms with van der Waals surface area (Å²) in [6.45, 7) is 3.67. The SMILES string of the molecule is CCOc1ccc(S(=O)(=O)N(CC(=O)N(Cc2cccc(Br)c2)[C@H](C)C(=O)NC2CCCCC2)c2ccccc2)cc1. The first-order valence-corrected chi connectivity index (χ1v) is 16.6. The standard InChI is InChI=1S/C32H38BrN3O5S/c1-3-41-29-17-19-30(20-18-29)42(39,40)36(28-15-8-5-9-16-28)23-31(37)35(22-25-11-10-12-26(33)21-25)24(2)32(38)34-27-13-6-4-7-14-27/h5,8-12,15-21,24,27H,3-4,6-7,13-14,22-23H2,1-2H3,(H,34,38)/t24-/m1/s1. The fourth-order valence-corrected chi connectivity index (χ4v) is 6.97. The Morgan fingerprint density at radius 1 is 0.976 bits per heavy atom. The van der Waals surface area contributed by atoms with Crippen molar-refractivity contribution in [3.8, 4) is 5.75 Å². The van der Waals surface area contributed by atoms with E-state index in [-0.39, 0.29) is 23.4 Å². The van der Waals surface area contributed by atoms with Crippen molar-refractivity contribution in [2.45, 2.75) is 69.5 Å². The zero-order chi connectivity index (χ0) is 30.1. The number of nitrogens with zero attached hydrogens (tertiary/aromatic N) is 2. The summed E-state index contributed by atoms with van der Waals surface area (Å²) in [5.74, 6) is -0.178. The Labute approximate surface area is 257 Å². The summed E-state index contributed by atoms with van der Waals surface area (Å²) < 4.78 is 35.3. The number of nitrogens with one attached hydrogen (secondary N) is 1. The summed E-state index contributed by atoms with van der Waals surface area (Å²) >= 11 is 3.48. The van der Waals surface area contributed by atoms with E-state index in [1.165, 1.54) is 17.0 Å². The number of benzene rings is 3. The maximum Gasteiger partial charge on any atom is 0.264 e. The van der Waals surface area contributed by atoms with Crippen LogP contribution in [0.15, 0.2) is 88.2 Å². The average molecular weight is 657 g/mol. The van der Waals surface area contributed by atoms with Crippen LogP contribution < -0.4 is 14.4 Å². The maximum atomic E-state index is 14.1. The van der Waals surface area contributed by atoms with Gasteiger partial charge in [0.2, 0.25) is 11.8 Å². The molecule has 1 atom stereocenters. The van der Waals surface area contributed by atoms with Crippen LogP contribution in [0, 0.1) is 0 Å². The molecular weight excluding hydrogens is 618 g/mol. The lowest BCUT2D eigenvalue weighted by Gasteiger charge is -2.33. The minimum atomic E-state index is -4.14. The third kappa shape index (κ3) is 8.13. The second-order valence-electron chi connectivity index (χ2n) is 10.4. The zero-order valence-electron chi connectivity index (χ0n) is 24.0. The van der Waals surface area contributed by atoms with E-state index in [9.17, 15) is 18.0 Å². The number of hydrogen-bond donors (Lipinski definition) is 1. The van der Waals surface area contributed by atoms with E-state index in [0.717, 1.165) is 46.4 Å². The molecule has 2 amide bonds. The zero-order valence-corrected chi connectivity index (χ0v) is 26.4. The van der Waals surface area contributed by atoms with Gasteiger partial charge in [0.1, 0.15) is 18.3 Å². The van der Waals surface area contributed by atoms with Crippen LogP contribution in [0.1, 0.15) is 51.5 Å². The Morgan fingerprint density at radius 3 is 2.31 bits per heavy atom. The number of carbonyl (C=O) groups is 2. The molecule has 1 aliphatic carbocycles. The van der Waals surface area contributed by atoms with Crippen LogP contribution in [0.2, 0.25) is 0 Å². The number of halogens is 1. The van der Waals surface area contributed by atoms with Crippen molar-refractivity contribution >= 4 is 43.5 Å². The number of sulfonamides is 1. The highest BCUT2D eigenvalue weighted by molar-refractivity contribution is 9.10.